The van der Waals surface area contributed by atoms with Gasteiger partial charge in [-0.05, 0) is 53.4 Å². The van der Waals surface area contributed by atoms with Crippen LogP contribution in [0.1, 0.15) is 91.9 Å². The van der Waals surface area contributed by atoms with Crippen molar-refractivity contribution in [2.75, 3.05) is 13.1 Å². The molecule has 2 fully saturated rings. The lowest BCUT2D eigenvalue weighted by Gasteiger charge is -2.22. The zero-order valence-electron chi connectivity index (χ0n) is 18.6. The SMILES string of the molecule is CC(C)=CCNC1CCCCC1.CC(C)=CCNC1CCCCC1.O=C(O)O. The minimum atomic E-state index is -1.83. The van der Waals surface area contributed by atoms with Gasteiger partial charge in [-0.15, -0.1) is 0 Å². The number of allylic oxidation sites excluding steroid dienone is 2. The number of hydrogen-bond donors (Lipinski definition) is 4. The smallest absolute Gasteiger partial charge is 0.450 e. The largest absolute Gasteiger partial charge is 0.503 e. The topological polar surface area (TPSA) is 81.6 Å². The highest BCUT2D eigenvalue weighted by molar-refractivity contribution is 5.53. The number of carboxylic acid groups (broad SMARTS) is 2. The van der Waals surface area contributed by atoms with E-state index in [1.807, 2.05) is 0 Å². The van der Waals surface area contributed by atoms with Crippen LogP contribution in [0.5, 0.6) is 0 Å². The summed E-state index contributed by atoms with van der Waals surface area (Å²) in [4.78, 5) is 8.56. The second-order valence-electron chi connectivity index (χ2n) is 8.33. The highest BCUT2D eigenvalue weighted by Gasteiger charge is 2.11. The van der Waals surface area contributed by atoms with Crippen LogP contribution in [0.15, 0.2) is 23.3 Å². The molecule has 0 aromatic carbocycles. The average Bonchev–Trinajstić information content (AvgIpc) is 2.63. The molecule has 0 bridgehead atoms. The van der Waals surface area contributed by atoms with Gasteiger partial charge in [-0.1, -0.05) is 61.8 Å². The third-order valence-electron chi connectivity index (χ3n) is 5.04. The summed E-state index contributed by atoms with van der Waals surface area (Å²) >= 11 is 0. The zero-order valence-corrected chi connectivity index (χ0v) is 18.6. The molecule has 0 unspecified atom stereocenters. The Hall–Kier alpha value is -1.33. The highest BCUT2D eigenvalue weighted by Crippen LogP contribution is 2.17. The van der Waals surface area contributed by atoms with Crippen molar-refractivity contribution in [2.24, 2.45) is 0 Å². The van der Waals surface area contributed by atoms with Crippen molar-refractivity contribution < 1.29 is 15.0 Å². The molecule has 0 radical (unpaired) electrons. The van der Waals surface area contributed by atoms with Crippen molar-refractivity contribution >= 4 is 6.16 Å². The minimum Gasteiger partial charge on any atom is -0.450 e. The van der Waals surface area contributed by atoms with Gasteiger partial charge in [0.25, 0.3) is 0 Å². The quantitative estimate of drug-likeness (QED) is 0.416. The van der Waals surface area contributed by atoms with Crippen LogP contribution < -0.4 is 10.6 Å². The van der Waals surface area contributed by atoms with Crippen molar-refractivity contribution in [1.29, 1.82) is 0 Å². The van der Waals surface area contributed by atoms with Gasteiger partial charge in [0, 0.05) is 25.2 Å². The van der Waals surface area contributed by atoms with Crippen LogP contribution in [0.4, 0.5) is 4.79 Å². The lowest BCUT2D eigenvalue weighted by atomic mass is 9.95. The summed E-state index contributed by atoms with van der Waals surface area (Å²) in [6.07, 6.45) is 16.8. The fourth-order valence-corrected chi connectivity index (χ4v) is 3.47. The van der Waals surface area contributed by atoms with E-state index >= 15 is 0 Å². The summed E-state index contributed by atoms with van der Waals surface area (Å²) in [6.45, 7) is 10.7. The molecule has 2 rings (SSSR count). The Bertz CT molecular complexity index is 401. The van der Waals surface area contributed by atoms with Gasteiger partial charge < -0.3 is 20.8 Å². The van der Waals surface area contributed by atoms with E-state index in [4.69, 9.17) is 15.0 Å². The summed E-state index contributed by atoms with van der Waals surface area (Å²) in [5, 5.41) is 21.1. The Morgan fingerprint density at radius 3 is 1.25 bits per heavy atom. The standard InChI is InChI=1S/2C11H21N.CH2O3/c2*1-10(2)8-9-12-11-6-4-3-5-7-11;2-1(3)4/h2*8,11-12H,3-7,9H2,1-2H3;(H2,2,3,4). The van der Waals surface area contributed by atoms with E-state index in [1.54, 1.807) is 0 Å². The monoisotopic (exact) mass is 396 g/mol. The molecule has 2 saturated carbocycles. The maximum Gasteiger partial charge on any atom is 0.503 e. The molecule has 4 N–H and O–H groups in total. The number of hydrogen-bond acceptors (Lipinski definition) is 3. The molecule has 0 aromatic rings. The first kappa shape index (κ1) is 26.7. The lowest BCUT2D eigenvalue weighted by molar-refractivity contribution is 0.137. The maximum atomic E-state index is 8.56. The first-order valence-corrected chi connectivity index (χ1v) is 11.0. The van der Waals surface area contributed by atoms with E-state index in [0.29, 0.717) is 0 Å². The van der Waals surface area contributed by atoms with E-state index in [-0.39, 0.29) is 0 Å². The fourth-order valence-electron chi connectivity index (χ4n) is 3.47. The van der Waals surface area contributed by atoms with Crippen LogP contribution >= 0.6 is 0 Å². The Morgan fingerprint density at radius 2 is 1.00 bits per heavy atom. The van der Waals surface area contributed by atoms with Gasteiger partial charge in [-0.2, -0.15) is 0 Å². The molecule has 0 spiro atoms. The van der Waals surface area contributed by atoms with Crippen LogP contribution in [0, 0.1) is 0 Å². The van der Waals surface area contributed by atoms with E-state index < -0.39 is 6.16 Å². The van der Waals surface area contributed by atoms with Crippen LogP contribution in [0.2, 0.25) is 0 Å². The summed E-state index contributed by atoms with van der Waals surface area (Å²) in [5.74, 6) is 0. The molecule has 5 nitrogen and oxygen atoms in total. The van der Waals surface area contributed by atoms with Gasteiger partial charge in [0.2, 0.25) is 0 Å². The highest BCUT2D eigenvalue weighted by atomic mass is 16.6. The van der Waals surface area contributed by atoms with Crippen LogP contribution in [0.25, 0.3) is 0 Å². The maximum absolute atomic E-state index is 8.56. The fraction of sp³-hybridized carbons (Fsp3) is 0.783. The van der Waals surface area contributed by atoms with Gasteiger partial charge in [-0.3, -0.25) is 0 Å². The minimum absolute atomic E-state index is 0.800. The second-order valence-corrected chi connectivity index (χ2v) is 8.33. The van der Waals surface area contributed by atoms with Crippen molar-refractivity contribution in [3.63, 3.8) is 0 Å². The van der Waals surface area contributed by atoms with Gasteiger partial charge in [0.15, 0.2) is 0 Å². The Balaban J connectivity index is 0.000000439. The molecule has 2 aliphatic carbocycles. The zero-order chi connectivity index (χ0) is 21.2. The van der Waals surface area contributed by atoms with E-state index in [0.717, 1.165) is 25.2 Å². The Kier molecular flexibility index (Phi) is 16.9. The van der Waals surface area contributed by atoms with E-state index in [2.05, 4.69) is 50.5 Å². The summed E-state index contributed by atoms with van der Waals surface area (Å²) in [6, 6.07) is 1.60. The molecule has 0 amide bonds. The number of carbonyl (C=O) groups is 1. The number of rotatable bonds is 6. The first-order valence-electron chi connectivity index (χ1n) is 11.0. The summed E-state index contributed by atoms with van der Waals surface area (Å²) in [5.41, 5.74) is 2.83. The van der Waals surface area contributed by atoms with Crippen LogP contribution in [-0.4, -0.2) is 41.5 Å². The van der Waals surface area contributed by atoms with Gasteiger partial charge >= 0.3 is 6.16 Å². The first-order chi connectivity index (χ1) is 13.3. The van der Waals surface area contributed by atoms with Gasteiger partial charge in [-0.25, -0.2) is 4.79 Å². The lowest BCUT2D eigenvalue weighted by Crippen LogP contribution is -2.31. The van der Waals surface area contributed by atoms with Crippen molar-refractivity contribution in [3.8, 4) is 0 Å². The van der Waals surface area contributed by atoms with E-state index in [1.165, 1.54) is 75.4 Å². The third kappa shape index (κ3) is 19.4. The molecule has 0 aromatic heterocycles. The predicted octanol–water partition coefficient (Wildman–Crippen LogP) is 5.97. The Morgan fingerprint density at radius 1 is 0.714 bits per heavy atom. The van der Waals surface area contributed by atoms with Gasteiger partial charge in [0.1, 0.15) is 0 Å². The Labute approximate surface area is 172 Å². The van der Waals surface area contributed by atoms with Crippen LogP contribution in [-0.2, 0) is 0 Å². The molecular weight excluding hydrogens is 352 g/mol. The molecule has 5 heteroatoms. The molecule has 164 valence electrons. The molecule has 2 aliphatic rings. The summed E-state index contributed by atoms with van der Waals surface area (Å²) in [7, 11) is 0. The molecule has 0 aliphatic heterocycles. The normalized spacial score (nSPS) is 17.3. The van der Waals surface area contributed by atoms with Gasteiger partial charge in [0.05, 0.1) is 0 Å². The predicted molar refractivity (Wildman–Crippen MR) is 119 cm³/mol. The number of nitrogens with one attached hydrogen (secondary N) is 2. The van der Waals surface area contributed by atoms with Crippen molar-refractivity contribution in [1.82, 2.24) is 10.6 Å². The second kappa shape index (κ2) is 17.7. The molecule has 28 heavy (non-hydrogen) atoms. The molecular formula is C23H44N2O3. The molecule has 0 saturated heterocycles. The van der Waals surface area contributed by atoms with Crippen molar-refractivity contribution in [2.45, 2.75) is 104 Å². The molecule has 0 heterocycles. The van der Waals surface area contributed by atoms with Crippen molar-refractivity contribution in [3.05, 3.63) is 23.3 Å². The average molecular weight is 397 g/mol. The summed E-state index contributed by atoms with van der Waals surface area (Å²) < 4.78 is 0. The van der Waals surface area contributed by atoms with Crippen LogP contribution in [0.3, 0.4) is 0 Å². The molecule has 0 atom stereocenters. The third-order valence-corrected chi connectivity index (χ3v) is 5.04. The van der Waals surface area contributed by atoms with E-state index in [9.17, 15) is 0 Å².